The molecule has 0 atom stereocenters. The molecule has 2 aromatic carbocycles. The Labute approximate surface area is 147 Å². The summed E-state index contributed by atoms with van der Waals surface area (Å²) in [6, 6.07) is 8.28. The van der Waals surface area contributed by atoms with Crippen molar-refractivity contribution in [2.45, 2.75) is 79.1 Å². The topological polar surface area (TPSA) is 17.1 Å². The lowest BCUT2D eigenvalue weighted by Crippen LogP contribution is -2.11. The maximum atomic E-state index is 13.3. The van der Waals surface area contributed by atoms with Gasteiger partial charge in [-0.3, -0.25) is 4.79 Å². The molecule has 0 spiro atoms. The van der Waals surface area contributed by atoms with E-state index in [1.54, 1.807) is 0 Å². The third-order valence-electron chi connectivity index (χ3n) is 4.86. The summed E-state index contributed by atoms with van der Waals surface area (Å²) >= 11 is 0. The third kappa shape index (κ3) is 3.71. The van der Waals surface area contributed by atoms with Crippen LogP contribution in [0, 0.1) is 0 Å². The first-order valence-electron chi connectivity index (χ1n) is 9.77. The second-order valence-corrected chi connectivity index (χ2v) is 6.79. The van der Waals surface area contributed by atoms with E-state index in [0.29, 0.717) is 0 Å². The summed E-state index contributed by atoms with van der Waals surface area (Å²) in [6.45, 7) is 8.89. The van der Waals surface area contributed by atoms with E-state index in [0.717, 1.165) is 62.3 Å². The highest BCUT2D eigenvalue weighted by Crippen LogP contribution is 2.28. The van der Waals surface area contributed by atoms with E-state index in [9.17, 15) is 4.79 Å². The predicted molar refractivity (Wildman–Crippen MR) is 106 cm³/mol. The molecule has 1 heteroatoms. The highest BCUT2D eigenvalue weighted by molar-refractivity contribution is 5.87. The zero-order chi connectivity index (χ0) is 17.5. The Kier molecular flexibility index (Phi) is 7.02. The zero-order valence-electron chi connectivity index (χ0n) is 15.9. The second-order valence-electron chi connectivity index (χ2n) is 6.79. The largest absolute Gasteiger partial charge is 0.289 e. The lowest BCUT2D eigenvalue weighted by atomic mass is 9.90. The van der Waals surface area contributed by atoms with Gasteiger partial charge in [0.15, 0.2) is 5.43 Å². The van der Waals surface area contributed by atoms with E-state index in [-0.39, 0.29) is 5.43 Å². The first-order chi connectivity index (χ1) is 11.7. The maximum absolute atomic E-state index is 13.3. The lowest BCUT2D eigenvalue weighted by Gasteiger charge is -2.14. The van der Waals surface area contributed by atoms with Crippen molar-refractivity contribution in [3.05, 3.63) is 56.7 Å². The van der Waals surface area contributed by atoms with Crippen molar-refractivity contribution in [3.8, 4) is 0 Å². The van der Waals surface area contributed by atoms with Gasteiger partial charge >= 0.3 is 0 Å². The molecule has 1 nitrogen and oxygen atoms in total. The molecule has 2 rings (SSSR count). The van der Waals surface area contributed by atoms with Gasteiger partial charge < -0.3 is 0 Å². The molecule has 0 heterocycles. The van der Waals surface area contributed by atoms with Crippen LogP contribution in [0.1, 0.15) is 75.6 Å². The van der Waals surface area contributed by atoms with Crippen molar-refractivity contribution in [2.24, 2.45) is 0 Å². The van der Waals surface area contributed by atoms with Crippen LogP contribution in [-0.4, -0.2) is 0 Å². The molecular weight excluding hydrogens is 292 g/mol. The molecular formula is C23H32O. The van der Waals surface area contributed by atoms with E-state index < -0.39 is 0 Å². The molecule has 0 N–H and O–H groups in total. The minimum atomic E-state index is 0.274. The summed E-state index contributed by atoms with van der Waals surface area (Å²) in [5.41, 5.74) is 5.63. The van der Waals surface area contributed by atoms with Gasteiger partial charge in [0.2, 0.25) is 0 Å². The van der Waals surface area contributed by atoms with Gasteiger partial charge in [0.1, 0.15) is 0 Å². The fourth-order valence-electron chi connectivity index (χ4n) is 3.92. The molecule has 0 amide bonds. The summed E-state index contributed by atoms with van der Waals surface area (Å²) in [5, 5.41) is 2.11. The quantitative estimate of drug-likeness (QED) is 0.581. The zero-order valence-corrected chi connectivity index (χ0v) is 15.9. The number of hydrogen-bond donors (Lipinski definition) is 0. The van der Waals surface area contributed by atoms with Gasteiger partial charge in [-0.15, -0.1) is 0 Å². The summed E-state index contributed by atoms with van der Waals surface area (Å²) in [6.07, 6.45) is 8.44. The standard InChI is InChI=1S/C23H32O/c1-5-11-17-18(12-6-2)20-15-9-10-16-22(20)23(24)21(14-8-4)19(17)13-7-3/h9-10,15-16H,5-8,11-14H2,1-4H3. The van der Waals surface area contributed by atoms with Gasteiger partial charge in [0.05, 0.1) is 0 Å². The Balaban J connectivity index is 3.02. The smallest absolute Gasteiger partial charge is 0.189 e. The highest BCUT2D eigenvalue weighted by Gasteiger charge is 2.17. The highest BCUT2D eigenvalue weighted by atomic mass is 16.1. The Bertz CT molecular complexity index is 743. The second kappa shape index (κ2) is 9.01. The first kappa shape index (κ1) is 18.7. The maximum Gasteiger partial charge on any atom is 0.189 e. The molecule has 0 unspecified atom stereocenters. The minimum Gasteiger partial charge on any atom is -0.289 e. The monoisotopic (exact) mass is 324 g/mol. The molecule has 0 aliphatic heterocycles. The molecule has 2 aromatic rings. The molecule has 0 saturated heterocycles. The minimum absolute atomic E-state index is 0.274. The normalized spacial score (nSPS) is 11.2. The molecule has 0 radical (unpaired) electrons. The van der Waals surface area contributed by atoms with Crippen LogP contribution in [0.15, 0.2) is 29.1 Å². The summed E-state index contributed by atoms with van der Waals surface area (Å²) in [5.74, 6) is 0. The average molecular weight is 325 g/mol. The molecule has 0 aliphatic rings. The van der Waals surface area contributed by atoms with Gasteiger partial charge in [0.25, 0.3) is 0 Å². The van der Waals surface area contributed by atoms with Gasteiger partial charge in [-0.2, -0.15) is 0 Å². The van der Waals surface area contributed by atoms with E-state index in [2.05, 4.69) is 39.8 Å². The van der Waals surface area contributed by atoms with Crippen molar-refractivity contribution in [1.82, 2.24) is 0 Å². The third-order valence-corrected chi connectivity index (χ3v) is 4.86. The van der Waals surface area contributed by atoms with Crippen LogP contribution in [0.5, 0.6) is 0 Å². The van der Waals surface area contributed by atoms with Crippen molar-refractivity contribution >= 4 is 10.8 Å². The fourth-order valence-corrected chi connectivity index (χ4v) is 3.92. The SMILES string of the molecule is CCCc1c(CCC)c(CCC)c2ccccc2c(=O)c1CCC. The van der Waals surface area contributed by atoms with Gasteiger partial charge in [-0.25, -0.2) is 0 Å². The van der Waals surface area contributed by atoms with Crippen LogP contribution >= 0.6 is 0 Å². The summed E-state index contributed by atoms with van der Waals surface area (Å²) in [4.78, 5) is 13.3. The molecule has 0 saturated carbocycles. The van der Waals surface area contributed by atoms with Crippen LogP contribution in [0.4, 0.5) is 0 Å². The Morgan fingerprint density at radius 1 is 0.583 bits per heavy atom. The van der Waals surface area contributed by atoms with Crippen LogP contribution in [0.2, 0.25) is 0 Å². The molecule has 24 heavy (non-hydrogen) atoms. The molecule has 0 aliphatic carbocycles. The fraction of sp³-hybridized carbons (Fsp3) is 0.522. The average Bonchev–Trinajstić information content (AvgIpc) is 2.68. The van der Waals surface area contributed by atoms with Gasteiger partial charge in [0, 0.05) is 10.9 Å². The molecule has 0 bridgehead atoms. The number of benzene rings is 1. The van der Waals surface area contributed by atoms with E-state index in [4.69, 9.17) is 0 Å². The summed E-state index contributed by atoms with van der Waals surface area (Å²) in [7, 11) is 0. The van der Waals surface area contributed by atoms with Crippen molar-refractivity contribution in [2.75, 3.05) is 0 Å². The number of aryl methyl sites for hydroxylation is 1. The molecule has 0 fully saturated rings. The van der Waals surface area contributed by atoms with E-state index in [1.807, 2.05) is 12.1 Å². The van der Waals surface area contributed by atoms with Crippen LogP contribution in [-0.2, 0) is 25.7 Å². The summed E-state index contributed by atoms with van der Waals surface area (Å²) < 4.78 is 0. The Morgan fingerprint density at radius 2 is 1.00 bits per heavy atom. The molecule has 130 valence electrons. The van der Waals surface area contributed by atoms with Crippen LogP contribution < -0.4 is 5.43 Å². The van der Waals surface area contributed by atoms with E-state index >= 15 is 0 Å². The van der Waals surface area contributed by atoms with Crippen molar-refractivity contribution in [3.63, 3.8) is 0 Å². The Hall–Kier alpha value is -1.63. The van der Waals surface area contributed by atoms with Gasteiger partial charge in [-0.1, -0.05) is 77.6 Å². The molecule has 0 aromatic heterocycles. The predicted octanol–water partition coefficient (Wildman–Crippen LogP) is 6.01. The van der Waals surface area contributed by atoms with Crippen molar-refractivity contribution in [1.29, 1.82) is 0 Å². The number of rotatable bonds is 8. The first-order valence-corrected chi connectivity index (χ1v) is 9.77. The van der Waals surface area contributed by atoms with Crippen LogP contribution in [0.3, 0.4) is 0 Å². The van der Waals surface area contributed by atoms with Gasteiger partial charge in [-0.05, 0) is 47.8 Å². The van der Waals surface area contributed by atoms with Crippen LogP contribution in [0.25, 0.3) is 10.8 Å². The van der Waals surface area contributed by atoms with Crippen molar-refractivity contribution < 1.29 is 0 Å². The van der Waals surface area contributed by atoms with E-state index in [1.165, 1.54) is 22.1 Å². The number of hydrogen-bond acceptors (Lipinski definition) is 1. The Morgan fingerprint density at radius 3 is 1.54 bits per heavy atom. The number of fused-ring (bicyclic) bond motifs is 1. The lowest BCUT2D eigenvalue weighted by molar-refractivity contribution is 0.811.